The Balaban J connectivity index is 2.63. The third kappa shape index (κ3) is 3.28. The third-order valence-electron chi connectivity index (χ3n) is 2.35. The van der Waals surface area contributed by atoms with Crippen molar-refractivity contribution < 1.29 is 9.26 Å². The zero-order valence-electron chi connectivity index (χ0n) is 9.56. The van der Waals surface area contributed by atoms with Crippen LogP contribution in [0.5, 0.6) is 0 Å². The summed E-state index contributed by atoms with van der Waals surface area (Å²) in [6.45, 7) is 4.70. The zero-order chi connectivity index (χ0) is 11.3. The van der Waals surface area contributed by atoms with Gasteiger partial charge in [0.05, 0.1) is 0 Å². The summed E-state index contributed by atoms with van der Waals surface area (Å²) in [5.41, 5.74) is 5.52. The summed E-state index contributed by atoms with van der Waals surface area (Å²) in [4.78, 5) is 4.28. The van der Waals surface area contributed by atoms with Crippen LogP contribution in [-0.2, 0) is 11.2 Å². The van der Waals surface area contributed by atoms with Crippen LogP contribution in [0.15, 0.2) is 4.52 Å². The van der Waals surface area contributed by atoms with E-state index in [1.165, 1.54) is 0 Å². The Labute approximate surface area is 90.0 Å². The van der Waals surface area contributed by atoms with E-state index >= 15 is 0 Å². The molecule has 0 bridgehead atoms. The van der Waals surface area contributed by atoms with E-state index in [0.29, 0.717) is 24.2 Å². The van der Waals surface area contributed by atoms with Crippen LogP contribution in [-0.4, -0.2) is 23.8 Å². The highest BCUT2D eigenvalue weighted by molar-refractivity contribution is 4.91. The van der Waals surface area contributed by atoms with E-state index in [4.69, 9.17) is 15.0 Å². The molecule has 0 spiro atoms. The van der Waals surface area contributed by atoms with Crippen molar-refractivity contribution in [2.75, 3.05) is 13.7 Å². The first-order valence-electron chi connectivity index (χ1n) is 5.26. The highest BCUT2D eigenvalue weighted by atomic mass is 16.5. The molecule has 15 heavy (non-hydrogen) atoms. The first kappa shape index (κ1) is 12.1. The minimum atomic E-state index is -0.0734. The molecule has 2 unspecified atom stereocenters. The topological polar surface area (TPSA) is 74.2 Å². The molecular formula is C10H19N3O2. The maximum Gasteiger partial charge on any atom is 0.227 e. The molecule has 0 amide bonds. The maximum atomic E-state index is 5.52. The lowest BCUT2D eigenvalue weighted by atomic mass is 10.1. The lowest BCUT2D eigenvalue weighted by Crippen LogP contribution is -2.13. The standard InChI is InChI=1S/C10H19N3O2/c1-4-8(14-3)10-12-9(15-13-10)5-7(2)6-11/h7-8H,4-6,11H2,1-3H3. The second kappa shape index (κ2) is 5.82. The van der Waals surface area contributed by atoms with Gasteiger partial charge >= 0.3 is 0 Å². The molecule has 1 aromatic heterocycles. The van der Waals surface area contributed by atoms with Crippen LogP contribution in [0.2, 0.25) is 0 Å². The molecule has 0 fully saturated rings. The van der Waals surface area contributed by atoms with Gasteiger partial charge in [-0.3, -0.25) is 0 Å². The van der Waals surface area contributed by atoms with Gasteiger partial charge in [0, 0.05) is 13.5 Å². The Morgan fingerprint density at radius 3 is 2.80 bits per heavy atom. The van der Waals surface area contributed by atoms with E-state index in [9.17, 15) is 0 Å². The fraction of sp³-hybridized carbons (Fsp3) is 0.800. The Hall–Kier alpha value is -0.940. The first-order valence-corrected chi connectivity index (χ1v) is 5.26. The number of hydrogen-bond donors (Lipinski definition) is 1. The number of rotatable bonds is 6. The summed E-state index contributed by atoms with van der Waals surface area (Å²) in [5, 5.41) is 3.89. The number of ether oxygens (including phenoxy) is 1. The van der Waals surface area contributed by atoms with E-state index in [-0.39, 0.29) is 6.10 Å². The van der Waals surface area contributed by atoms with Crippen molar-refractivity contribution in [3.63, 3.8) is 0 Å². The van der Waals surface area contributed by atoms with E-state index in [1.54, 1.807) is 7.11 Å². The van der Waals surface area contributed by atoms with Crippen molar-refractivity contribution in [2.45, 2.75) is 32.8 Å². The minimum absolute atomic E-state index is 0.0734. The van der Waals surface area contributed by atoms with Gasteiger partial charge in [0.15, 0.2) is 0 Å². The van der Waals surface area contributed by atoms with Gasteiger partial charge in [0.2, 0.25) is 11.7 Å². The number of methoxy groups -OCH3 is 1. The van der Waals surface area contributed by atoms with Crippen molar-refractivity contribution in [1.29, 1.82) is 0 Å². The summed E-state index contributed by atoms with van der Waals surface area (Å²) in [5.74, 6) is 1.62. The number of nitrogens with two attached hydrogens (primary N) is 1. The van der Waals surface area contributed by atoms with E-state index in [1.807, 2.05) is 6.92 Å². The molecule has 0 aliphatic heterocycles. The lowest BCUT2D eigenvalue weighted by Gasteiger charge is -2.06. The molecule has 1 rings (SSSR count). The summed E-state index contributed by atoms with van der Waals surface area (Å²) in [6.07, 6.45) is 1.49. The molecule has 0 aliphatic carbocycles. The van der Waals surface area contributed by atoms with Crippen molar-refractivity contribution in [1.82, 2.24) is 10.1 Å². The van der Waals surface area contributed by atoms with Gasteiger partial charge in [-0.2, -0.15) is 4.98 Å². The van der Waals surface area contributed by atoms with Crippen molar-refractivity contribution in [3.8, 4) is 0 Å². The summed E-state index contributed by atoms with van der Waals surface area (Å²) in [6, 6.07) is 0. The van der Waals surface area contributed by atoms with E-state index in [0.717, 1.165) is 12.8 Å². The highest BCUT2D eigenvalue weighted by Gasteiger charge is 2.16. The SMILES string of the molecule is CCC(OC)c1noc(CC(C)CN)n1. The molecule has 0 saturated carbocycles. The van der Waals surface area contributed by atoms with Crippen molar-refractivity contribution in [2.24, 2.45) is 11.7 Å². The number of hydrogen-bond acceptors (Lipinski definition) is 5. The van der Waals surface area contributed by atoms with Crippen molar-refractivity contribution >= 4 is 0 Å². The predicted molar refractivity (Wildman–Crippen MR) is 56.3 cm³/mol. The molecule has 0 radical (unpaired) electrons. The smallest absolute Gasteiger partial charge is 0.227 e. The van der Waals surface area contributed by atoms with Gasteiger partial charge in [-0.25, -0.2) is 0 Å². The Bertz CT molecular complexity index is 284. The van der Waals surface area contributed by atoms with E-state index in [2.05, 4.69) is 17.1 Å². The summed E-state index contributed by atoms with van der Waals surface area (Å²) < 4.78 is 10.3. The predicted octanol–water partition coefficient (Wildman–Crippen LogP) is 1.30. The summed E-state index contributed by atoms with van der Waals surface area (Å²) in [7, 11) is 1.65. The van der Waals surface area contributed by atoms with Crippen LogP contribution < -0.4 is 5.73 Å². The van der Waals surface area contributed by atoms with Crippen LogP contribution in [0.25, 0.3) is 0 Å². The Morgan fingerprint density at radius 1 is 1.53 bits per heavy atom. The van der Waals surface area contributed by atoms with Gasteiger partial charge in [-0.05, 0) is 18.9 Å². The van der Waals surface area contributed by atoms with Gasteiger partial charge in [0.1, 0.15) is 6.10 Å². The number of aromatic nitrogens is 2. The van der Waals surface area contributed by atoms with Gasteiger partial charge in [0.25, 0.3) is 0 Å². The molecule has 2 atom stereocenters. The first-order chi connectivity index (χ1) is 7.21. The molecular weight excluding hydrogens is 194 g/mol. The van der Waals surface area contributed by atoms with Crippen molar-refractivity contribution in [3.05, 3.63) is 11.7 Å². The molecule has 0 aromatic carbocycles. The van der Waals surface area contributed by atoms with Crippen LogP contribution >= 0.6 is 0 Å². The van der Waals surface area contributed by atoms with E-state index < -0.39 is 0 Å². The lowest BCUT2D eigenvalue weighted by molar-refractivity contribution is 0.0903. The van der Waals surface area contributed by atoms with Gasteiger partial charge in [-0.15, -0.1) is 0 Å². The molecule has 5 heteroatoms. The largest absolute Gasteiger partial charge is 0.373 e. The average molecular weight is 213 g/mol. The van der Waals surface area contributed by atoms with Crippen LogP contribution in [0.3, 0.4) is 0 Å². The summed E-state index contributed by atoms with van der Waals surface area (Å²) >= 11 is 0. The second-order valence-electron chi connectivity index (χ2n) is 3.72. The molecule has 1 heterocycles. The molecule has 2 N–H and O–H groups in total. The van der Waals surface area contributed by atoms with Crippen LogP contribution in [0, 0.1) is 5.92 Å². The quantitative estimate of drug-likeness (QED) is 0.771. The second-order valence-corrected chi connectivity index (χ2v) is 3.72. The Morgan fingerprint density at radius 2 is 2.27 bits per heavy atom. The molecule has 5 nitrogen and oxygen atoms in total. The molecule has 1 aromatic rings. The van der Waals surface area contributed by atoms with Crippen LogP contribution in [0.1, 0.15) is 38.1 Å². The minimum Gasteiger partial charge on any atom is -0.373 e. The van der Waals surface area contributed by atoms with Gasteiger partial charge in [-0.1, -0.05) is 19.0 Å². The molecule has 86 valence electrons. The normalized spacial score (nSPS) is 15.2. The molecule has 0 aliphatic rings. The van der Waals surface area contributed by atoms with Gasteiger partial charge < -0.3 is 15.0 Å². The zero-order valence-corrected chi connectivity index (χ0v) is 9.56. The monoisotopic (exact) mass is 213 g/mol. The highest BCUT2D eigenvalue weighted by Crippen LogP contribution is 2.17. The third-order valence-corrected chi connectivity index (χ3v) is 2.35. The van der Waals surface area contributed by atoms with Crippen LogP contribution in [0.4, 0.5) is 0 Å². The fourth-order valence-electron chi connectivity index (χ4n) is 1.32. The fourth-order valence-corrected chi connectivity index (χ4v) is 1.32. The average Bonchev–Trinajstić information content (AvgIpc) is 2.68. The number of nitrogens with zero attached hydrogens (tertiary/aromatic N) is 2. The Kier molecular flexibility index (Phi) is 4.71. The maximum absolute atomic E-state index is 5.52. The molecule has 0 saturated heterocycles.